The molecule has 1 amide bonds. The van der Waals surface area contributed by atoms with Crippen LogP contribution in [-0.4, -0.2) is 31.6 Å². The number of para-hydroxylation sites is 1. The molecule has 0 heterocycles. The van der Waals surface area contributed by atoms with Crippen molar-refractivity contribution in [3.63, 3.8) is 0 Å². The largest absolute Gasteiger partial charge is 0.496 e. The summed E-state index contributed by atoms with van der Waals surface area (Å²) in [7, 11) is 1.54. The van der Waals surface area contributed by atoms with Crippen LogP contribution in [0.2, 0.25) is 0 Å². The van der Waals surface area contributed by atoms with E-state index in [0.29, 0.717) is 15.8 Å². The summed E-state index contributed by atoms with van der Waals surface area (Å²) in [6.07, 6.45) is 0. The number of halogens is 1. The zero-order valence-electron chi connectivity index (χ0n) is 14.4. The summed E-state index contributed by atoms with van der Waals surface area (Å²) < 4.78 is 10.9. The molecule has 2 aromatic rings. The third-order valence-corrected chi connectivity index (χ3v) is 4.15. The maximum Gasteiger partial charge on any atom is 0.338 e. The zero-order valence-corrected chi connectivity index (χ0v) is 15.9. The van der Waals surface area contributed by atoms with E-state index in [0.717, 1.165) is 5.69 Å². The van der Waals surface area contributed by atoms with E-state index in [4.69, 9.17) is 9.47 Å². The lowest BCUT2D eigenvalue weighted by Crippen LogP contribution is -2.39. The predicted molar refractivity (Wildman–Crippen MR) is 100 cm³/mol. The summed E-state index contributed by atoms with van der Waals surface area (Å²) in [5.41, 5.74) is 1.11. The van der Waals surface area contributed by atoms with Crippen LogP contribution in [0.1, 0.15) is 24.2 Å². The minimum absolute atomic E-state index is 0.0521. The molecule has 0 aliphatic rings. The third-order valence-electron chi connectivity index (χ3n) is 3.53. The molecule has 0 saturated carbocycles. The number of esters is 1. The molecule has 0 unspecified atom stereocenters. The van der Waals surface area contributed by atoms with E-state index >= 15 is 0 Å². The first-order chi connectivity index (χ1) is 11.9. The molecule has 0 spiro atoms. The summed E-state index contributed by atoms with van der Waals surface area (Å²) in [6.45, 7) is 3.50. The van der Waals surface area contributed by atoms with Gasteiger partial charge < -0.3 is 14.4 Å². The normalized spacial score (nSPS) is 10.4. The van der Waals surface area contributed by atoms with Gasteiger partial charge in [0.2, 0.25) is 0 Å². The van der Waals surface area contributed by atoms with Crippen LogP contribution in [0.25, 0.3) is 0 Å². The van der Waals surface area contributed by atoms with Gasteiger partial charge in [0.1, 0.15) is 5.75 Å². The first-order valence-electron chi connectivity index (χ1n) is 7.81. The molecule has 25 heavy (non-hydrogen) atoms. The Hall–Kier alpha value is -2.34. The molecule has 2 rings (SSSR count). The van der Waals surface area contributed by atoms with Gasteiger partial charge in [-0.15, -0.1) is 0 Å². The number of rotatable bonds is 6. The van der Waals surface area contributed by atoms with Crippen LogP contribution >= 0.6 is 15.9 Å². The fourth-order valence-electron chi connectivity index (χ4n) is 2.39. The molecule has 0 atom stereocenters. The SMILES string of the molecule is COc1ccc(C(=O)OCC(=O)N(c2ccccc2)C(C)C)cc1Br. The second-order valence-corrected chi connectivity index (χ2v) is 6.47. The topological polar surface area (TPSA) is 55.8 Å². The van der Waals surface area contributed by atoms with Crippen LogP contribution in [0.4, 0.5) is 5.69 Å². The number of carbonyl (C=O) groups excluding carboxylic acids is 2. The molecular formula is C19H20BrNO4. The van der Waals surface area contributed by atoms with E-state index in [1.165, 1.54) is 0 Å². The van der Waals surface area contributed by atoms with Crippen molar-refractivity contribution in [3.05, 3.63) is 58.6 Å². The average Bonchev–Trinajstić information content (AvgIpc) is 2.60. The van der Waals surface area contributed by atoms with Crippen molar-refractivity contribution < 1.29 is 19.1 Å². The van der Waals surface area contributed by atoms with Crippen LogP contribution in [0.5, 0.6) is 5.75 Å². The molecule has 0 radical (unpaired) electrons. The van der Waals surface area contributed by atoms with E-state index < -0.39 is 5.97 Å². The minimum atomic E-state index is -0.562. The molecule has 0 bridgehead atoms. The Morgan fingerprint density at radius 3 is 2.36 bits per heavy atom. The van der Waals surface area contributed by atoms with Gasteiger partial charge >= 0.3 is 5.97 Å². The number of hydrogen-bond acceptors (Lipinski definition) is 4. The molecule has 2 aromatic carbocycles. The molecule has 132 valence electrons. The number of carbonyl (C=O) groups is 2. The Morgan fingerprint density at radius 2 is 1.80 bits per heavy atom. The Labute approximate surface area is 155 Å². The summed E-state index contributed by atoms with van der Waals surface area (Å²) >= 11 is 3.32. The highest BCUT2D eigenvalue weighted by Crippen LogP contribution is 2.25. The molecule has 0 N–H and O–H groups in total. The second kappa shape index (κ2) is 8.67. The maximum atomic E-state index is 12.5. The molecule has 6 heteroatoms. The predicted octanol–water partition coefficient (Wildman–Crippen LogP) is 4.06. The number of amides is 1. The van der Waals surface area contributed by atoms with Gasteiger partial charge in [0.05, 0.1) is 17.1 Å². The van der Waals surface area contributed by atoms with Gasteiger partial charge in [-0.05, 0) is 60.1 Å². The number of nitrogens with zero attached hydrogens (tertiary/aromatic N) is 1. The molecule has 0 aliphatic carbocycles. The van der Waals surface area contributed by atoms with Crippen molar-refractivity contribution in [2.45, 2.75) is 19.9 Å². The average molecular weight is 406 g/mol. The second-order valence-electron chi connectivity index (χ2n) is 5.62. The molecular weight excluding hydrogens is 386 g/mol. The highest BCUT2D eigenvalue weighted by atomic mass is 79.9. The number of methoxy groups -OCH3 is 1. The quantitative estimate of drug-likeness (QED) is 0.680. The monoisotopic (exact) mass is 405 g/mol. The van der Waals surface area contributed by atoms with Crippen LogP contribution < -0.4 is 9.64 Å². The molecule has 0 aliphatic heterocycles. The molecule has 0 saturated heterocycles. The van der Waals surface area contributed by atoms with Crippen LogP contribution in [0.15, 0.2) is 53.0 Å². The van der Waals surface area contributed by atoms with Gasteiger partial charge in [-0.1, -0.05) is 18.2 Å². The summed E-state index contributed by atoms with van der Waals surface area (Å²) in [6, 6.07) is 14.1. The highest BCUT2D eigenvalue weighted by molar-refractivity contribution is 9.10. The van der Waals surface area contributed by atoms with E-state index in [9.17, 15) is 9.59 Å². The van der Waals surface area contributed by atoms with Crippen LogP contribution in [-0.2, 0) is 9.53 Å². The first-order valence-corrected chi connectivity index (χ1v) is 8.61. The first kappa shape index (κ1) is 19.0. The van der Waals surface area contributed by atoms with Crippen molar-refractivity contribution in [1.82, 2.24) is 0 Å². The number of ether oxygens (including phenoxy) is 2. The number of hydrogen-bond donors (Lipinski definition) is 0. The van der Waals surface area contributed by atoms with E-state index in [1.54, 1.807) is 30.2 Å². The van der Waals surface area contributed by atoms with E-state index in [2.05, 4.69) is 15.9 Å². The molecule has 5 nitrogen and oxygen atoms in total. The maximum absolute atomic E-state index is 12.5. The van der Waals surface area contributed by atoms with Crippen molar-refractivity contribution in [2.75, 3.05) is 18.6 Å². The Bertz CT molecular complexity index is 746. The van der Waals surface area contributed by atoms with E-state index in [-0.39, 0.29) is 18.6 Å². The Kier molecular flexibility index (Phi) is 6.58. The van der Waals surface area contributed by atoms with Gasteiger partial charge in [-0.3, -0.25) is 4.79 Å². The zero-order chi connectivity index (χ0) is 18.4. The summed E-state index contributed by atoms with van der Waals surface area (Å²) in [5.74, 6) is -0.224. The smallest absolute Gasteiger partial charge is 0.338 e. The van der Waals surface area contributed by atoms with Gasteiger partial charge in [-0.25, -0.2) is 4.79 Å². The van der Waals surface area contributed by atoms with Crippen molar-refractivity contribution in [3.8, 4) is 5.75 Å². The lowest BCUT2D eigenvalue weighted by Gasteiger charge is -2.26. The third kappa shape index (κ3) is 4.82. The molecule has 0 aromatic heterocycles. The van der Waals surface area contributed by atoms with Gasteiger partial charge in [-0.2, -0.15) is 0 Å². The van der Waals surface area contributed by atoms with Gasteiger partial charge in [0, 0.05) is 11.7 Å². The fourth-order valence-corrected chi connectivity index (χ4v) is 2.93. The fraction of sp³-hybridized carbons (Fsp3) is 0.263. The minimum Gasteiger partial charge on any atom is -0.496 e. The Balaban J connectivity index is 2.05. The molecule has 0 fully saturated rings. The van der Waals surface area contributed by atoms with Crippen LogP contribution in [0.3, 0.4) is 0 Å². The lowest BCUT2D eigenvalue weighted by atomic mass is 10.2. The Morgan fingerprint density at radius 1 is 1.12 bits per heavy atom. The van der Waals surface area contributed by atoms with E-state index in [1.807, 2.05) is 44.2 Å². The number of benzene rings is 2. The van der Waals surface area contributed by atoms with Gasteiger partial charge in [0.15, 0.2) is 6.61 Å². The van der Waals surface area contributed by atoms with Crippen LogP contribution in [0, 0.1) is 0 Å². The standard InChI is InChI=1S/C19H20BrNO4/c1-13(2)21(15-7-5-4-6-8-15)18(22)12-25-19(23)14-9-10-17(24-3)16(20)11-14/h4-11,13H,12H2,1-3H3. The summed E-state index contributed by atoms with van der Waals surface area (Å²) in [5, 5.41) is 0. The number of anilines is 1. The van der Waals surface area contributed by atoms with Crippen molar-refractivity contribution >= 4 is 33.5 Å². The van der Waals surface area contributed by atoms with Gasteiger partial charge in [0.25, 0.3) is 5.91 Å². The van der Waals surface area contributed by atoms with Crippen molar-refractivity contribution in [2.24, 2.45) is 0 Å². The van der Waals surface area contributed by atoms with Crippen molar-refractivity contribution in [1.29, 1.82) is 0 Å². The highest BCUT2D eigenvalue weighted by Gasteiger charge is 2.21. The lowest BCUT2D eigenvalue weighted by molar-refractivity contribution is -0.122. The summed E-state index contributed by atoms with van der Waals surface area (Å²) in [4.78, 5) is 26.3.